The number of carbonyl (C=O) groups excluding carboxylic acids is 2. The molecule has 350 valence electrons. The van der Waals surface area contributed by atoms with E-state index >= 15 is 0 Å². The Morgan fingerprint density at radius 2 is 0.500 bits per heavy atom. The molecule has 0 aliphatic rings. The number of benzene rings is 10. The van der Waals surface area contributed by atoms with Crippen molar-refractivity contribution in [3.63, 3.8) is 0 Å². The van der Waals surface area contributed by atoms with Gasteiger partial charge in [0.25, 0.3) is 0 Å². The number of hydrogen-bond acceptors (Lipinski definition) is 6. The van der Waals surface area contributed by atoms with Crippen LogP contribution in [0.1, 0.15) is 45.2 Å². The number of hydrogen-bond donors (Lipinski definition) is 0. The average Bonchev–Trinajstić information content (AvgIpc) is 3.44. The first kappa shape index (κ1) is 46.5. The second-order valence-corrected chi connectivity index (χ2v) is 17.7. The van der Waals surface area contributed by atoms with Crippen LogP contribution >= 0.6 is 0 Å². The Morgan fingerprint density at radius 3 is 0.778 bits per heavy atom. The number of rotatable bonds is 17. The molecule has 0 unspecified atom stereocenters. The van der Waals surface area contributed by atoms with E-state index in [2.05, 4.69) is 196 Å². The second-order valence-electron chi connectivity index (χ2n) is 17.7. The highest BCUT2D eigenvalue weighted by Crippen LogP contribution is 2.41. The summed E-state index contributed by atoms with van der Waals surface area (Å²) in [6.07, 6.45) is 0.695. The summed E-state index contributed by atoms with van der Waals surface area (Å²) in [6, 6.07) is 91.1. The number of carbonyl (C=O) groups is 2. The topological polar surface area (TPSA) is 47.1 Å². The van der Waals surface area contributed by atoms with Crippen LogP contribution in [0.3, 0.4) is 0 Å². The van der Waals surface area contributed by atoms with Crippen molar-refractivity contribution in [2.45, 2.75) is 26.7 Å². The minimum absolute atomic E-state index is 0.0293. The van der Waals surface area contributed by atoms with Crippen LogP contribution in [0.5, 0.6) is 0 Å². The van der Waals surface area contributed by atoms with Crippen LogP contribution in [-0.4, -0.2) is 11.6 Å². The number of para-hydroxylation sites is 4. The number of nitrogens with zero attached hydrogens (tertiary/aromatic N) is 4. The number of anilines is 12. The monoisotopic (exact) mass is 934 g/mol. The van der Waals surface area contributed by atoms with E-state index in [4.69, 9.17) is 0 Å². The fraction of sp³-hybridized carbons (Fsp3) is 0.0606. The lowest BCUT2D eigenvalue weighted by Gasteiger charge is -2.28. The number of Topliss-reactive ketones (excluding diaryl/α,β-unsaturated/α-hetero) is 2. The fourth-order valence-electron chi connectivity index (χ4n) is 9.14. The zero-order valence-electron chi connectivity index (χ0n) is 40.4. The molecule has 0 fully saturated rings. The maximum atomic E-state index is 14.0. The van der Waals surface area contributed by atoms with Crippen molar-refractivity contribution >= 4 is 79.8 Å². The number of ketones is 2. The molecule has 0 atom stereocenters. The molecule has 10 aromatic carbocycles. The molecule has 10 rings (SSSR count). The Balaban J connectivity index is 0.896. The van der Waals surface area contributed by atoms with Crippen LogP contribution in [0.2, 0.25) is 0 Å². The standard InChI is InChI=1S/C66H54N4O2/c1-3-65(71)51-28-36-59(37-29-51)70(64-46-40-61(41-47-64)67(53-16-8-4-9-17-53)54-18-10-5-11-19-54)60-38-30-52(31-39-60)66(72)48-50-26-34-58(35-27-50)69(56-22-14-7-15-23-56)63-44-42-62(43-45-63)68(55-20-12-6-13-21-55)57-32-24-49(2)25-33-57/h4-47H,3,48H2,1-2H3. The van der Waals surface area contributed by atoms with Gasteiger partial charge < -0.3 is 19.6 Å². The molecule has 0 saturated carbocycles. The Bertz CT molecular complexity index is 3310. The summed E-state index contributed by atoms with van der Waals surface area (Å²) in [5, 5.41) is 0. The van der Waals surface area contributed by atoms with E-state index in [9.17, 15) is 9.59 Å². The maximum Gasteiger partial charge on any atom is 0.167 e. The third-order valence-corrected chi connectivity index (χ3v) is 12.9. The van der Waals surface area contributed by atoms with Gasteiger partial charge in [0, 0.05) is 92.2 Å². The van der Waals surface area contributed by atoms with E-state index < -0.39 is 0 Å². The first-order valence-electron chi connectivity index (χ1n) is 24.4. The first-order valence-corrected chi connectivity index (χ1v) is 24.4. The molecule has 0 aliphatic heterocycles. The van der Waals surface area contributed by atoms with Gasteiger partial charge in [-0.3, -0.25) is 9.59 Å². The van der Waals surface area contributed by atoms with Gasteiger partial charge in [0.1, 0.15) is 0 Å². The first-order chi connectivity index (χ1) is 35.4. The highest BCUT2D eigenvalue weighted by atomic mass is 16.1. The molecular formula is C66H54N4O2. The minimum Gasteiger partial charge on any atom is -0.311 e. The summed E-state index contributed by atoms with van der Waals surface area (Å²) >= 11 is 0. The van der Waals surface area contributed by atoms with Crippen LogP contribution in [0.15, 0.2) is 267 Å². The minimum atomic E-state index is 0.0293. The summed E-state index contributed by atoms with van der Waals surface area (Å²) in [7, 11) is 0. The average molecular weight is 935 g/mol. The molecule has 10 aromatic rings. The van der Waals surface area contributed by atoms with Gasteiger partial charge in [-0.25, -0.2) is 0 Å². The Morgan fingerprint density at radius 1 is 0.278 bits per heavy atom. The van der Waals surface area contributed by atoms with E-state index in [1.165, 1.54) is 5.56 Å². The van der Waals surface area contributed by atoms with E-state index in [0.717, 1.165) is 73.8 Å². The molecule has 0 aromatic heterocycles. The third kappa shape index (κ3) is 10.3. The SMILES string of the molecule is CCC(=O)c1ccc(N(c2ccc(C(=O)Cc3ccc(N(c4ccccc4)c4ccc(N(c5ccccc5)c5ccc(C)cc5)cc4)cc3)cc2)c2ccc(N(c3ccccc3)c3ccccc3)cc2)cc1. The predicted octanol–water partition coefficient (Wildman–Crippen LogP) is 17.9. The molecule has 6 heteroatoms. The summed E-state index contributed by atoms with van der Waals surface area (Å²) in [6.45, 7) is 3.99. The van der Waals surface area contributed by atoms with Crippen molar-refractivity contribution in [1.82, 2.24) is 0 Å². The predicted molar refractivity (Wildman–Crippen MR) is 299 cm³/mol. The van der Waals surface area contributed by atoms with Crippen molar-refractivity contribution in [3.05, 3.63) is 289 Å². The van der Waals surface area contributed by atoms with Gasteiger partial charge in [-0.15, -0.1) is 0 Å². The van der Waals surface area contributed by atoms with E-state index in [0.29, 0.717) is 17.5 Å². The van der Waals surface area contributed by atoms with Gasteiger partial charge in [-0.2, -0.15) is 0 Å². The van der Waals surface area contributed by atoms with Gasteiger partial charge in [-0.05, 0) is 182 Å². The largest absolute Gasteiger partial charge is 0.311 e. The molecule has 0 bridgehead atoms. The molecule has 0 amide bonds. The smallest absolute Gasteiger partial charge is 0.167 e. The lowest BCUT2D eigenvalue weighted by atomic mass is 10.0. The molecule has 0 saturated heterocycles. The number of aryl methyl sites for hydroxylation is 1. The van der Waals surface area contributed by atoms with Crippen LogP contribution in [-0.2, 0) is 6.42 Å². The Labute approximate surface area is 422 Å². The molecule has 0 aliphatic carbocycles. The van der Waals surface area contributed by atoms with Gasteiger partial charge in [0.15, 0.2) is 11.6 Å². The van der Waals surface area contributed by atoms with Gasteiger partial charge in [0.05, 0.1) is 0 Å². The summed E-state index contributed by atoms with van der Waals surface area (Å²) in [4.78, 5) is 35.5. The lowest BCUT2D eigenvalue weighted by molar-refractivity contribution is 0.0982. The molecule has 0 heterocycles. The molecule has 0 spiro atoms. The van der Waals surface area contributed by atoms with Gasteiger partial charge in [0.2, 0.25) is 0 Å². The van der Waals surface area contributed by atoms with Crippen molar-refractivity contribution in [1.29, 1.82) is 0 Å². The zero-order valence-corrected chi connectivity index (χ0v) is 40.4. The van der Waals surface area contributed by atoms with Crippen molar-refractivity contribution in [2.24, 2.45) is 0 Å². The molecular weight excluding hydrogens is 881 g/mol. The normalized spacial score (nSPS) is 10.9. The third-order valence-electron chi connectivity index (χ3n) is 12.9. The summed E-state index contributed by atoms with van der Waals surface area (Å²) < 4.78 is 0. The van der Waals surface area contributed by atoms with Crippen LogP contribution in [0.4, 0.5) is 68.2 Å². The Kier molecular flexibility index (Phi) is 13.9. The van der Waals surface area contributed by atoms with Crippen molar-refractivity contribution in [2.75, 3.05) is 19.6 Å². The molecule has 6 nitrogen and oxygen atoms in total. The van der Waals surface area contributed by atoms with E-state index in [1.54, 1.807) is 0 Å². The highest BCUT2D eigenvalue weighted by molar-refractivity contribution is 5.99. The van der Waals surface area contributed by atoms with Gasteiger partial charge >= 0.3 is 0 Å². The summed E-state index contributed by atoms with van der Waals surface area (Å²) in [5.74, 6) is 0.127. The summed E-state index contributed by atoms with van der Waals surface area (Å²) in [5.41, 5.74) is 15.6. The van der Waals surface area contributed by atoms with Gasteiger partial charge in [-0.1, -0.05) is 110 Å². The maximum absolute atomic E-state index is 14.0. The van der Waals surface area contributed by atoms with E-state index in [-0.39, 0.29) is 18.0 Å². The quantitative estimate of drug-likeness (QED) is 0.0848. The van der Waals surface area contributed by atoms with Crippen LogP contribution in [0, 0.1) is 6.92 Å². The van der Waals surface area contributed by atoms with Crippen molar-refractivity contribution in [3.8, 4) is 0 Å². The molecule has 0 radical (unpaired) electrons. The Hall–Kier alpha value is -9.26. The molecule has 0 N–H and O–H groups in total. The zero-order chi connectivity index (χ0) is 49.2. The van der Waals surface area contributed by atoms with Crippen LogP contribution in [0.25, 0.3) is 0 Å². The highest BCUT2D eigenvalue weighted by Gasteiger charge is 2.19. The fourth-order valence-corrected chi connectivity index (χ4v) is 9.14. The van der Waals surface area contributed by atoms with Crippen LogP contribution < -0.4 is 19.6 Å². The van der Waals surface area contributed by atoms with E-state index in [1.807, 2.05) is 104 Å². The second kappa shape index (κ2) is 21.6. The molecule has 72 heavy (non-hydrogen) atoms. The lowest BCUT2D eigenvalue weighted by Crippen LogP contribution is -2.13. The van der Waals surface area contributed by atoms with Crippen molar-refractivity contribution < 1.29 is 9.59 Å².